The predicted molar refractivity (Wildman–Crippen MR) is 353 cm³/mol. The van der Waals surface area contributed by atoms with Crippen molar-refractivity contribution in [2.45, 2.75) is 257 Å². The van der Waals surface area contributed by atoms with Gasteiger partial charge in [0, 0.05) is 15.5 Å². The molecule has 0 bridgehead atoms. The number of hydrogen-bond acceptors (Lipinski definition) is 0. The van der Waals surface area contributed by atoms with E-state index in [0.717, 1.165) is 75.9 Å². The molecule has 7 aliphatic rings. The fourth-order valence-electron chi connectivity index (χ4n) is 16.6. The Hall–Kier alpha value is -4.04. The Balaban J connectivity index is 0.000000328. The van der Waals surface area contributed by atoms with Crippen molar-refractivity contribution in [1.29, 1.82) is 0 Å². The molecule has 7 aliphatic carbocycles. The fraction of sp³-hybridized carbons (Fsp3) is 0.615. The summed E-state index contributed by atoms with van der Waals surface area (Å²) in [6.45, 7) is 14.3. The van der Waals surface area contributed by atoms with E-state index in [2.05, 4.69) is 133 Å². The van der Waals surface area contributed by atoms with Crippen LogP contribution in [0, 0.1) is 59.0 Å². The second-order valence-electron chi connectivity index (χ2n) is 28.8. The van der Waals surface area contributed by atoms with Gasteiger partial charge in [-0.15, -0.1) is 0 Å². The van der Waals surface area contributed by atoms with Crippen LogP contribution in [0.3, 0.4) is 0 Å². The predicted octanol–water partition coefficient (Wildman–Crippen LogP) is 26.0. The Morgan fingerprint density at radius 1 is 0.250 bits per heavy atom. The molecule has 0 aliphatic heterocycles. The minimum absolute atomic E-state index is 0. The van der Waals surface area contributed by atoms with Crippen molar-refractivity contribution in [3.63, 3.8) is 0 Å². The summed E-state index contributed by atoms with van der Waals surface area (Å²) in [4.78, 5) is 0. The maximum Gasteiger partial charge on any atom is 0.131 e. The Morgan fingerprint density at radius 3 is 0.825 bits per heavy atom. The van der Waals surface area contributed by atoms with E-state index >= 15 is 0 Å². The molecule has 12 rings (SSSR count). The molecule has 0 radical (unpaired) electrons. The molecule has 0 atom stereocenters. The molecule has 0 unspecified atom stereocenters. The van der Waals surface area contributed by atoms with Crippen LogP contribution in [0.5, 0.6) is 0 Å². The molecule has 0 nitrogen and oxygen atoms in total. The van der Waals surface area contributed by atoms with E-state index in [-0.39, 0.29) is 21.6 Å². The molecule has 5 aromatic carbocycles. The second-order valence-corrected chi connectivity index (χ2v) is 28.8. The molecule has 0 spiro atoms. The first-order valence-corrected chi connectivity index (χ1v) is 33.8. The van der Waals surface area contributed by atoms with Crippen molar-refractivity contribution in [3.05, 3.63) is 154 Å². The molecule has 446 valence electrons. The zero-order chi connectivity index (χ0) is 55.5. The van der Waals surface area contributed by atoms with Crippen LogP contribution in [0.4, 0.5) is 8.78 Å². The first-order valence-electron chi connectivity index (χ1n) is 33.8. The number of rotatable bonds is 9. The molecule has 0 saturated heterocycles. The van der Waals surface area contributed by atoms with Crippen molar-refractivity contribution < 1.29 is 18.8 Å². The van der Waals surface area contributed by atoms with E-state index in [0.29, 0.717) is 23.7 Å². The Labute approximate surface area is 497 Å². The summed E-state index contributed by atoms with van der Waals surface area (Å²) in [6.07, 6.45) is 37.2. The van der Waals surface area contributed by atoms with E-state index in [1.54, 1.807) is 17.2 Å². The molecule has 2 heteroatoms. The molecule has 0 aromatic heterocycles. The topological polar surface area (TPSA) is 0 Å². The highest BCUT2D eigenvalue weighted by atomic mass is 19.1. The van der Waals surface area contributed by atoms with Gasteiger partial charge in [0.1, 0.15) is 11.6 Å². The number of benzene rings is 5. The van der Waals surface area contributed by atoms with Crippen LogP contribution in [0.25, 0.3) is 22.3 Å². The zero-order valence-electron chi connectivity index (χ0n) is 51.0. The standard InChI is InChI=1S/C26H39F.C26H33F.C26H34.7H2/c2*1-18-3-7-20(8-4-18)21-11-13-23(14-12-21)25-16-15-24(17-26(25)27)22-9-5-19(2)6-10-22;1-19-3-7-21(8-4-19)23-11-15-25(16-12-23)26-17-13-24(14-18-26)22-9-5-20(2)6-10-22;;;;;;;/h15-23H,3-14H2,1-2H3;11-20,22H,3-10H2,1-2H3;11-22H,3-10H2,1-2H3;7*1H. The molecular formula is C78H120F2. The maximum absolute atomic E-state index is 15.0. The summed E-state index contributed by atoms with van der Waals surface area (Å²) in [5, 5.41) is 0. The van der Waals surface area contributed by atoms with E-state index < -0.39 is 0 Å². The lowest BCUT2D eigenvalue weighted by atomic mass is 9.68. The van der Waals surface area contributed by atoms with Crippen LogP contribution in [0.2, 0.25) is 0 Å². The Morgan fingerprint density at radius 2 is 0.500 bits per heavy atom. The minimum Gasteiger partial charge on any atom is -0.207 e. The fourth-order valence-corrected chi connectivity index (χ4v) is 16.6. The van der Waals surface area contributed by atoms with E-state index in [9.17, 15) is 8.78 Å². The highest BCUT2D eigenvalue weighted by Crippen LogP contribution is 2.46. The third-order valence-electron chi connectivity index (χ3n) is 22.8. The van der Waals surface area contributed by atoms with Crippen LogP contribution in [0.15, 0.2) is 109 Å². The average Bonchev–Trinajstić information content (AvgIpc) is 3.66. The van der Waals surface area contributed by atoms with Gasteiger partial charge in [-0.25, -0.2) is 8.78 Å². The van der Waals surface area contributed by atoms with Gasteiger partial charge in [-0.05, 0) is 248 Å². The van der Waals surface area contributed by atoms with Crippen LogP contribution in [-0.4, -0.2) is 0 Å². The van der Waals surface area contributed by atoms with Crippen molar-refractivity contribution in [3.8, 4) is 22.3 Å². The molecular weight excluding hydrogens is 975 g/mol. The minimum atomic E-state index is -0.0645. The molecule has 80 heavy (non-hydrogen) atoms. The number of halogens is 2. The van der Waals surface area contributed by atoms with Gasteiger partial charge in [-0.1, -0.05) is 216 Å². The smallest absolute Gasteiger partial charge is 0.131 e. The highest BCUT2D eigenvalue weighted by molar-refractivity contribution is 5.66. The molecule has 7 saturated carbocycles. The van der Waals surface area contributed by atoms with Gasteiger partial charge >= 0.3 is 0 Å². The SMILES string of the molecule is CC1CCC(c2ccc(-c3ccc(C4CCC(C)CC4)cc3)cc2)CC1.CC1CCC(c2ccc(-c3ccc(C4CCC(C)CC4)cc3F)cc2)CC1.CC1CCC(c2ccc(C3CCC(C4CCC(C)CC4)CC3)c(F)c2)CC1.[HH].[HH].[HH].[HH].[HH].[HH].[HH]. The molecule has 0 N–H and O–H groups in total. The lowest BCUT2D eigenvalue weighted by Gasteiger charge is -2.37. The summed E-state index contributed by atoms with van der Waals surface area (Å²) >= 11 is 0. The van der Waals surface area contributed by atoms with Gasteiger partial charge in [0.2, 0.25) is 0 Å². The summed E-state index contributed by atoms with van der Waals surface area (Å²) in [5.74, 6) is 11.1. The monoisotopic (exact) mass is 1090 g/mol. The van der Waals surface area contributed by atoms with E-state index in [1.807, 2.05) is 12.1 Å². The first kappa shape index (κ1) is 59.1. The van der Waals surface area contributed by atoms with Gasteiger partial charge in [0.25, 0.3) is 0 Å². The summed E-state index contributed by atoms with van der Waals surface area (Å²) in [6, 6.07) is 39.8. The molecule has 5 aromatic rings. The lowest BCUT2D eigenvalue weighted by Crippen LogP contribution is -2.25. The van der Waals surface area contributed by atoms with Crippen molar-refractivity contribution in [1.82, 2.24) is 0 Å². The third kappa shape index (κ3) is 15.8. The van der Waals surface area contributed by atoms with Crippen LogP contribution in [0.1, 0.15) is 300 Å². The maximum atomic E-state index is 15.0. The highest BCUT2D eigenvalue weighted by Gasteiger charge is 2.32. The largest absolute Gasteiger partial charge is 0.207 e. The summed E-state index contributed by atoms with van der Waals surface area (Å²) in [5.41, 5.74) is 12.5. The van der Waals surface area contributed by atoms with Crippen LogP contribution >= 0.6 is 0 Å². The van der Waals surface area contributed by atoms with Gasteiger partial charge in [-0.2, -0.15) is 0 Å². The molecule has 0 heterocycles. The Kier molecular flexibility index (Phi) is 21.1. The quantitative estimate of drug-likeness (QED) is 0.138. The van der Waals surface area contributed by atoms with Crippen molar-refractivity contribution in [2.75, 3.05) is 0 Å². The van der Waals surface area contributed by atoms with Crippen LogP contribution in [-0.2, 0) is 0 Å². The lowest BCUT2D eigenvalue weighted by molar-refractivity contribution is 0.164. The van der Waals surface area contributed by atoms with Gasteiger partial charge in [0.15, 0.2) is 0 Å². The third-order valence-corrected chi connectivity index (χ3v) is 22.8. The van der Waals surface area contributed by atoms with Crippen LogP contribution < -0.4 is 0 Å². The van der Waals surface area contributed by atoms with E-state index in [1.165, 1.54) is 208 Å². The van der Waals surface area contributed by atoms with Crippen molar-refractivity contribution in [2.24, 2.45) is 47.3 Å². The van der Waals surface area contributed by atoms with Gasteiger partial charge < -0.3 is 0 Å². The van der Waals surface area contributed by atoms with Crippen molar-refractivity contribution >= 4 is 0 Å². The molecule has 7 fully saturated rings. The zero-order valence-corrected chi connectivity index (χ0v) is 51.0. The van der Waals surface area contributed by atoms with Gasteiger partial charge in [-0.3, -0.25) is 0 Å². The van der Waals surface area contributed by atoms with E-state index in [4.69, 9.17) is 0 Å². The molecule has 0 amide bonds. The normalized spacial score (nSPS) is 32.1. The summed E-state index contributed by atoms with van der Waals surface area (Å²) < 4.78 is 29.8. The Bertz CT molecular complexity index is 2580. The first-order chi connectivity index (χ1) is 38.9. The second kappa shape index (κ2) is 28.5. The average molecular weight is 1100 g/mol. The van der Waals surface area contributed by atoms with Gasteiger partial charge in [0.05, 0.1) is 0 Å². The summed E-state index contributed by atoms with van der Waals surface area (Å²) in [7, 11) is 0. The number of hydrogen-bond donors (Lipinski definition) is 0.